The van der Waals surface area contributed by atoms with E-state index in [1.54, 1.807) is 24.4 Å². The van der Waals surface area contributed by atoms with Crippen LogP contribution in [0.25, 0.3) is 0 Å². The first kappa shape index (κ1) is 22.9. The smallest absolute Gasteiger partial charge is 0.252 e. The number of Topliss-reactive ketones (excluding diaryl/α,β-unsaturated/α-hetero) is 1. The number of hydrogen-bond acceptors (Lipinski definition) is 5. The SMILES string of the molecule is CC(C)CCNC(=O)c1ccc(N2CCC3(CC2)CC(=O)c2cc(Cl)cc(Cl)c2O3)nc1. The molecular weight excluding hydrogens is 449 g/mol. The Hall–Kier alpha value is -2.31. The van der Waals surface area contributed by atoms with Crippen molar-refractivity contribution in [2.24, 2.45) is 5.92 Å². The monoisotopic (exact) mass is 475 g/mol. The van der Waals surface area contributed by atoms with E-state index in [9.17, 15) is 9.59 Å². The van der Waals surface area contributed by atoms with Gasteiger partial charge in [0.25, 0.3) is 5.91 Å². The number of fused-ring (bicyclic) bond motifs is 1. The van der Waals surface area contributed by atoms with Crippen LogP contribution in [0.5, 0.6) is 5.75 Å². The van der Waals surface area contributed by atoms with E-state index < -0.39 is 5.60 Å². The van der Waals surface area contributed by atoms with Crippen LogP contribution in [0, 0.1) is 5.92 Å². The lowest BCUT2D eigenvalue weighted by molar-refractivity contribution is 0.0232. The first-order chi connectivity index (χ1) is 15.3. The standard InChI is InChI=1S/C24H27Cl2N3O3/c1-15(2)5-8-27-23(31)16-3-4-21(28-14-16)29-9-6-24(7-10-29)13-20(30)18-11-17(25)12-19(26)22(18)32-24/h3-4,11-12,14-15H,5-10,13H2,1-2H3,(H,27,31). The number of nitrogens with zero attached hydrogens (tertiary/aromatic N) is 2. The lowest BCUT2D eigenvalue weighted by Crippen LogP contribution is -2.51. The summed E-state index contributed by atoms with van der Waals surface area (Å²) in [7, 11) is 0. The molecule has 3 heterocycles. The van der Waals surface area contributed by atoms with Gasteiger partial charge in [0.1, 0.15) is 17.2 Å². The number of amides is 1. The molecule has 1 aromatic carbocycles. The Balaban J connectivity index is 1.39. The minimum atomic E-state index is -0.561. The summed E-state index contributed by atoms with van der Waals surface area (Å²) in [6.07, 6.45) is 4.23. The Morgan fingerprint density at radius 3 is 2.66 bits per heavy atom. The fraction of sp³-hybridized carbons (Fsp3) is 0.458. The molecule has 0 atom stereocenters. The van der Waals surface area contributed by atoms with Crippen LogP contribution < -0.4 is 15.0 Å². The van der Waals surface area contributed by atoms with Gasteiger partial charge in [-0.15, -0.1) is 0 Å². The molecule has 1 saturated heterocycles. The van der Waals surface area contributed by atoms with Crippen molar-refractivity contribution in [2.45, 2.75) is 45.1 Å². The Kier molecular flexibility index (Phi) is 6.63. The quantitative estimate of drug-likeness (QED) is 0.645. The summed E-state index contributed by atoms with van der Waals surface area (Å²) in [5.41, 5.74) is 0.450. The van der Waals surface area contributed by atoms with Crippen molar-refractivity contribution < 1.29 is 14.3 Å². The lowest BCUT2D eigenvalue weighted by Gasteiger charge is -2.44. The molecule has 1 aromatic heterocycles. The van der Waals surface area contributed by atoms with E-state index in [-0.39, 0.29) is 11.7 Å². The fourth-order valence-electron chi connectivity index (χ4n) is 4.22. The topological polar surface area (TPSA) is 71.5 Å². The number of nitrogens with one attached hydrogen (secondary N) is 1. The van der Waals surface area contributed by atoms with Crippen LogP contribution in [0.4, 0.5) is 5.82 Å². The number of benzene rings is 1. The zero-order valence-electron chi connectivity index (χ0n) is 18.3. The molecule has 1 spiro atoms. The fourth-order valence-corrected chi connectivity index (χ4v) is 4.75. The molecule has 1 N–H and O–H groups in total. The average molecular weight is 476 g/mol. The van der Waals surface area contributed by atoms with Crippen molar-refractivity contribution in [3.8, 4) is 5.75 Å². The third-order valence-corrected chi connectivity index (χ3v) is 6.63. The lowest BCUT2D eigenvalue weighted by atomic mass is 9.82. The van der Waals surface area contributed by atoms with Gasteiger partial charge in [-0.1, -0.05) is 37.0 Å². The van der Waals surface area contributed by atoms with Gasteiger partial charge in [0.05, 0.1) is 22.6 Å². The molecule has 0 radical (unpaired) electrons. The number of carbonyl (C=O) groups is 2. The van der Waals surface area contributed by atoms with Gasteiger partial charge in [0.2, 0.25) is 0 Å². The van der Waals surface area contributed by atoms with E-state index in [2.05, 4.69) is 29.0 Å². The van der Waals surface area contributed by atoms with Gasteiger partial charge in [-0.2, -0.15) is 0 Å². The van der Waals surface area contributed by atoms with Crippen LogP contribution in [0.2, 0.25) is 10.0 Å². The molecular formula is C24H27Cl2N3O3. The number of ether oxygens (including phenoxy) is 1. The van der Waals surface area contributed by atoms with Crippen molar-refractivity contribution >= 4 is 40.7 Å². The van der Waals surface area contributed by atoms with E-state index in [4.69, 9.17) is 27.9 Å². The second-order valence-corrected chi connectivity index (χ2v) is 9.82. The van der Waals surface area contributed by atoms with Gasteiger partial charge < -0.3 is 15.0 Å². The second-order valence-electron chi connectivity index (χ2n) is 8.98. The second kappa shape index (κ2) is 9.28. The van der Waals surface area contributed by atoms with Crippen molar-refractivity contribution in [3.05, 3.63) is 51.6 Å². The minimum absolute atomic E-state index is 0.00931. The maximum absolute atomic E-state index is 12.8. The number of piperidine rings is 1. The molecule has 0 saturated carbocycles. The number of hydrogen-bond donors (Lipinski definition) is 1. The van der Waals surface area contributed by atoms with Crippen LogP contribution in [-0.2, 0) is 0 Å². The highest BCUT2D eigenvalue weighted by Crippen LogP contribution is 2.44. The van der Waals surface area contributed by atoms with Crippen LogP contribution >= 0.6 is 23.2 Å². The zero-order valence-corrected chi connectivity index (χ0v) is 19.8. The van der Waals surface area contributed by atoms with Crippen LogP contribution in [0.15, 0.2) is 30.5 Å². The number of halogens is 2. The molecule has 8 heteroatoms. The molecule has 6 nitrogen and oxygen atoms in total. The van der Waals surface area contributed by atoms with E-state index in [1.165, 1.54) is 0 Å². The normalized spacial score (nSPS) is 17.3. The average Bonchev–Trinajstić information content (AvgIpc) is 2.75. The summed E-state index contributed by atoms with van der Waals surface area (Å²) in [5, 5.41) is 3.73. The number of rotatable bonds is 5. The van der Waals surface area contributed by atoms with Crippen LogP contribution in [-0.4, -0.2) is 41.9 Å². The number of aromatic nitrogens is 1. The van der Waals surface area contributed by atoms with E-state index >= 15 is 0 Å². The highest BCUT2D eigenvalue weighted by atomic mass is 35.5. The van der Waals surface area contributed by atoms with Gasteiger partial charge in [0, 0.05) is 43.7 Å². The Morgan fingerprint density at radius 2 is 2.00 bits per heavy atom. The minimum Gasteiger partial charge on any atom is -0.484 e. The van der Waals surface area contributed by atoms with Crippen LogP contribution in [0.3, 0.4) is 0 Å². The van der Waals surface area contributed by atoms with Gasteiger partial charge in [0.15, 0.2) is 5.78 Å². The van der Waals surface area contributed by atoms with Gasteiger partial charge in [-0.05, 0) is 36.6 Å². The largest absolute Gasteiger partial charge is 0.484 e. The van der Waals surface area contributed by atoms with Crippen molar-refractivity contribution in [3.63, 3.8) is 0 Å². The zero-order chi connectivity index (χ0) is 22.9. The highest BCUT2D eigenvalue weighted by molar-refractivity contribution is 6.36. The first-order valence-electron chi connectivity index (χ1n) is 11.0. The van der Waals surface area contributed by atoms with E-state index in [0.717, 1.165) is 12.2 Å². The molecule has 0 unspecified atom stereocenters. The molecule has 4 rings (SSSR count). The van der Waals surface area contributed by atoms with Crippen molar-refractivity contribution in [1.29, 1.82) is 0 Å². The molecule has 1 amide bonds. The predicted molar refractivity (Wildman–Crippen MR) is 126 cm³/mol. The maximum Gasteiger partial charge on any atom is 0.252 e. The Morgan fingerprint density at radius 1 is 1.25 bits per heavy atom. The Labute approximate surface area is 198 Å². The number of carbonyl (C=O) groups excluding carboxylic acids is 2. The maximum atomic E-state index is 12.8. The van der Waals surface area contributed by atoms with Crippen molar-refractivity contribution in [2.75, 3.05) is 24.5 Å². The predicted octanol–water partition coefficient (Wildman–Crippen LogP) is 5.17. The number of ketones is 1. The Bertz CT molecular complexity index is 1020. The number of pyridine rings is 1. The molecule has 32 heavy (non-hydrogen) atoms. The summed E-state index contributed by atoms with van der Waals surface area (Å²) in [6, 6.07) is 6.90. The molecule has 0 bridgehead atoms. The molecule has 170 valence electrons. The molecule has 2 aliphatic heterocycles. The summed E-state index contributed by atoms with van der Waals surface area (Å²) < 4.78 is 6.29. The summed E-state index contributed by atoms with van der Waals surface area (Å²) in [4.78, 5) is 31.7. The third kappa shape index (κ3) is 4.86. The van der Waals surface area contributed by atoms with Gasteiger partial charge in [-0.3, -0.25) is 9.59 Å². The van der Waals surface area contributed by atoms with E-state index in [1.807, 2.05) is 6.07 Å². The summed E-state index contributed by atoms with van der Waals surface area (Å²) in [6.45, 7) is 6.30. The number of anilines is 1. The van der Waals surface area contributed by atoms with Gasteiger partial charge >= 0.3 is 0 Å². The molecule has 2 aliphatic rings. The molecule has 2 aromatic rings. The molecule has 0 aliphatic carbocycles. The summed E-state index contributed by atoms with van der Waals surface area (Å²) >= 11 is 12.4. The molecule has 1 fully saturated rings. The highest BCUT2D eigenvalue weighted by Gasteiger charge is 2.44. The first-order valence-corrected chi connectivity index (χ1v) is 11.7. The third-order valence-electron chi connectivity index (χ3n) is 6.13. The summed E-state index contributed by atoms with van der Waals surface area (Å²) in [5.74, 6) is 1.70. The van der Waals surface area contributed by atoms with E-state index in [0.29, 0.717) is 71.7 Å². The van der Waals surface area contributed by atoms with Gasteiger partial charge in [-0.25, -0.2) is 4.98 Å². The van der Waals surface area contributed by atoms with Crippen molar-refractivity contribution in [1.82, 2.24) is 10.3 Å². The van der Waals surface area contributed by atoms with Crippen LogP contribution in [0.1, 0.15) is 60.2 Å².